The minimum Gasteiger partial charge on any atom is -0.354 e. The molecule has 88 valence electrons. The zero-order chi connectivity index (χ0) is 12.0. The first kappa shape index (κ1) is 12.7. The van der Waals surface area contributed by atoms with Crippen molar-refractivity contribution in [1.29, 1.82) is 0 Å². The second-order valence-electron chi connectivity index (χ2n) is 4.10. The fourth-order valence-corrected chi connectivity index (χ4v) is 1.45. The van der Waals surface area contributed by atoms with Crippen LogP contribution in [0.5, 0.6) is 0 Å². The highest BCUT2D eigenvalue weighted by Crippen LogP contribution is 2.12. The molecule has 0 fully saturated rings. The van der Waals surface area contributed by atoms with Crippen LogP contribution in [-0.4, -0.2) is 11.9 Å². The molecule has 0 aromatic heterocycles. The topological polar surface area (TPSA) is 55.1 Å². The SMILES string of the molecule is CC[C@@H](C)NC(=O)C[C@H](N)c1ccccc1. The maximum atomic E-state index is 11.6. The van der Waals surface area contributed by atoms with Gasteiger partial charge in [-0.1, -0.05) is 37.3 Å². The average Bonchev–Trinajstić information content (AvgIpc) is 2.29. The van der Waals surface area contributed by atoms with E-state index in [1.165, 1.54) is 0 Å². The molecule has 1 aromatic rings. The molecule has 0 aliphatic heterocycles. The zero-order valence-corrected chi connectivity index (χ0v) is 9.94. The van der Waals surface area contributed by atoms with Gasteiger partial charge in [-0.15, -0.1) is 0 Å². The van der Waals surface area contributed by atoms with Gasteiger partial charge in [-0.2, -0.15) is 0 Å². The van der Waals surface area contributed by atoms with Gasteiger partial charge in [0.15, 0.2) is 0 Å². The molecule has 0 aliphatic carbocycles. The summed E-state index contributed by atoms with van der Waals surface area (Å²) >= 11 is 0. The van der Waals surface area contributed by atoms with E-state index >= 15 is 0 Å². The van der Waals surface area contributed by atoms with Gasteiger partial charge in [-0.05, 0) is 18.9 Å². The van der Waals surface area contributed by atoms with E-state index in [0.717, 1.165) is 12.0 Å². The first-order chi connectivity index (χ1) is 7.63. The van der Waals surface area contributed by atoms with Crippen LogP contribution in [0, 0.1) is 0 Å². The van der Waals surface area contributed by atoms with E-state index in [2.05, 4.69) is 5.32 Å². The Morgan fingerprint density at radius 3 is 2.56 bits per heavy atom. The van der Waals surface area contributed by atoms with Gasteiger partial charge in [-0.3, -0.25) is 4.79 Å². The smallest absolute Gasteiger partial charge is 0.222 e. The van der Waals surface area contributed by atoms with Crippen LogP contribution in [0.25, 0.3) is 0 Å². The standard InChI is InChI=1S/C13H20N2O/c1-3-10(2)15-13(16)9-12(14)11-7-5-4-6-8-11/h4-8,10,12H,3,9,14H2,1-2H3,(H,15,16)/t10-,12+/m1/s1. The van der Waals surface area contributed by atoms with Crippen LogP contribution in [-0.2, 0) is 4.79 Å². The van der Waals surface area contributed by atoms with Gasteiger partial charge in [0.05, 0.1) is 0 Å². The van der Waals surface area contributed by atoms with Gasteiger partial charge >= 0.3 is 0 Å². The van der Waals surface area contributed by atoms with E-state index in [1.807, 2.05) is 44.2 Å². The van der Waals surface area contributed by atoms with Gasteiger partial charge in [0, 0.05) is 18.5 Å². The number of benzene rings is 1. The lowest BCUT2D eigenvalue weighted by atomic mass is 10.0. The number of carbonyl (C=O) groups is 1. The number of hydrogen-bond acceptors (Lipinski definition) is 2. The Morgan fingerprint density at radius 2 is 2.00 bits per heavy atom. The van der Waals surface area contributed by atoms with E-state index < -0.39 is 0 Å². The number of amides is 1. The predicted molar refractivity (Wildman–Crippen MR) is 65.9 cm³/mol. The third-order valence-electron chi connectivity index (χ3n) is 2.65. The summed E-state index contributed by atoms with van der Waals surface area (Å²) in [7, 11) is 0. The molecule has 3 nitrogen and oxygen atoms in total. The number of nitrogens with one attached hydrogen (secondary N) is 1. The Morgan fingerprint density at radius 1 is 1.38 bits per heavy atom. The Bertz CT molecular complexity index is 324. The van der Waals surface area contributed by atoms with Crippen molar-refractivity contribution in [1.82, 2.24) is 5.32 Å². The maximum Gasteiger partial charge on any atom is 0.222 e. The summed E-state index contributed by atoms with van der Waals surface area (Å²) in [5.74, 6) is 0.0192. The molecule has 0 unspecified atom stereocenters. The molecule has 0 saturated carbocycles. The largest absolute Gasteiger partial charge is 0.354 e. The normalized spacial score (nSPS) is 14.2. The molecular formula is C13H20N2O. The quantitative estimate of drug-likeness (QED) is 0.797. The van der Waals surface area contributed by atoms with Crippen molar-refractivity contribution in [2.75, 3.05) is 0 Å². The highest BCUT2D eigenvalue weighted by Gasteiger charge is 2.12. The fraction of sp³-hybridized carbons (Fsp3) is 0.462. The summed E-state index contributed by atoms with van der Waals surface area (Å²) < 4.78 is 0. The molecule has 3 heteroatoms. The second-order valence-corrected chi connectivity index (χ2v) is 4.10. The molecular weight excluding hydrogens is 200 g/mol. The lowest BCUT2D eigenvalue weighted by molar-refractivity contribution is -0.122. The molecule has 0 heterocycles. The Hall–Kier alpha value is -1.35. The van der Waals surface area contributed by atoms with Crippen molar-refractivity contribution in [3.8, 4) is 0 Å². The zero-order valence-electron chi connectivity index (χ0n) is 9.94. The van der Waals surface area contributed by atoms with Gasteiger partial charge in [0.2, 0.25) is 5.91 Å². The summed E-state index contributed by atoms with van der Waals surface area (Å²) in [6, 6.07) is 9.70. The summed E-state index contributed by atoms with van der Waals surface area (Å²) in [5.41, 5.74) is 6.95. The molecule has 16 heavy (non-hydrogen) atoms. The molecule has 2 atom stereocenters. The Labute approximate surface area is 97.0 Å². The minimum atomic E-state index is -0.217. The van der Waals surface area contributed by atoms with Gasteiger partial charge in [0.25, 0.3) is 0 Å². The fourth-order valence-electron chi connectivity index (χ4n) is 1.45. The van der Waals surface area contributed by atoms with E-state index in [9.17, 15) is 4.79 Å². The van der Waals surface area contributed by atoms with E-state index in [0.29, 0.717) is 6.42 Å². The average molecular weight is 220 g/mol. The van der Waals surface area contributed by atoms with Gasteiger partial charge < -0.3 is 11.1 Å². The van der Waals surface area contributed by atoms with Crippen LogP contribution in [0.1, 0.15) is 38.3 Å². The van der Waals surface area contributed by atoms with Gasteiger partial charge in [-0.25, -0.2) is 0 Å². The Balaban J connectivity index is 2.46. The maximum absolute atomic E-state index is 11.6. The van der Waals surface area contributed by atoms with E-state index in [4.69, 9.17) is 5.73 Å². The highest BCUT2D eigenvalue weighted by atomic mass is 16.1. The lowest BCUT2D eigenvalue weighted by Crippen LogP contribution is -2.34. The van der Waals surface area contributed by atoms with Gasteiger partial charge in [0.1, 0.15) is 0 Å². The van der Waals surface area contributed by atoms with Crippen molar-refractivity contribution < 1.29 is 4.79 Å². The van der Waals surface area contributed by atoms with Crippen LogP contribution < -0.4 is 11.1 Å². The predicted octanol–water partition coefficient (Wildman–Crippen LogP) is 1.99. The molecule has 0 spiro atoms. The summed E-state index contributed by atoms with van der Waals surface area (Å²) in [5, 5.41) is 2.91. The summed E-state index contributed by atoms with van der Waals surface area (Å²) in [6.45, 7) is 4.04. The van der Waals surface area contributed by atoms with Crippen LogP contribution in [0.3, 0.4) is 0 Å². The van der Waals surface area contributed by atoms with Crippen LogP contribution >= 0.6 is 0 Å². The molecule has 0 aliphatic rings. The molecule has 0 bridgehead atoms. The van der Waals surface area contributed by atoms with Crippen molar-refractivity contribution in [3.63, 3.8) is 0 Å². The molecule has 0 radical (unpaired) electrons. The third-order valence-corrected chi connectivity index (χ3v) is 2.65. The van der Waals surface area contributed by atoms with Crippen LogP contribution in [0.4, 0.5) is 0 Å². The summed E-state index contributed by atoms with van der Waals surface area (Å²) in [6.07, 6.45) is 1.28. The lowest BCUT2D eigenvalue weighted by Gasteiger charge is -2.15. The van der Waals surface area contributed by atoms with E-state index in [-0.39, 0.29) is 18.0 Å². The molecule has 3 N–H and O–H groups in total. The number of carbonyl (C=O) groups excluding carboxylic acids is 1. The molecule has 0 saturated heterocycles. The monoisotopic (exact) mass is 220 g/mol. The van der Waals surface area contributed by atoms with Crippen molar-refractivity contribution in [2.45, 2.75) is 38.8 Å². The third kappa shape index (κ3) is 4.03. The molecule has 1 aromatic carbocycles. The Kier molecular flexibility index (Phi) is 4.99. The molecule has 1 rings (SSSR count). The van der Waals surface area contributed by atoms with Crippen molar-refractivity contribution >= 4 is 5.91 Å². The number of nitrogens with two attached hydrogens (primary N) is 1. The second kappa shape index (κ2) is 6.28. The van der Waals surface area contributed by atoms with Crippen molar-refractivity contribution in [2.24, 2.45) is 5.73 Å². The summed E-state index contributed by atoms with van der Waals surface area (Å²) in [4.78, 5) is 11.6. The molecule has 1 amide bonds. The minimum absolute atomic E-state index is 0.0192. The highest BCUT2D eigenvalue weighted by molar-refractivity contribution is 5.77. The van der Waals surface area contributed by atoms with Crippen LogP contribution in [0.2, 0.25) is 0 Å². The van der Waals surface area contributed by atoms with E-state index in [1.54, 1.807) is 0 Å². The number of rotatable bonds is 5. The number of hydrogen-bond donors (Lipinski definition) is 2. The first-order valence-electron chi connectivity index (χ1n) is 5.73. The first-order valence-corrected chi connectivity index (χ1v) is 5.73. The van der Waals surface area contributed by atoms with Crippen molar-refractivity contribution in [3.05, 3.63) is 35.9 Å². The van der Waals surface area contributed by atoms with Crippen LogP contribution in [0.15, 0.2) is 30.3 Å².